The molecule has 0 saturated carbocycles. The Balaban J connectivity index is 1.57. The molecule has 5 heteroatoms. The van der Waals surface area contributed by atoms with Crippen molar-refractivity contribution in [2.45, 2.75) is 38.0 Å². The maximum Gasteiger partial charge on any atom is 0.283 e. The van der Waals surface area contributed by atoms with Gasteiger partial charge in [0.25, 0.3) is 10.2 Å². The first-order valence-electron chi connectivity index (χ1n) is 12.7. The van der Waals surface area contributed by atoms with E-state index in [1.54, 1.807) is 8.61 Å². The fraction of sp³-hybridized carbons (Fsp3) is 0.188. The van der Waals surface area contributed by atoms with E-state index in [0.29, 0.717) is 25.9 Å². The minimum atomic E-state index is -3.83. The summed E-state index contributed by atoms with van der Waals surface area (Å²) < 4.78 is 32.5. The van der Waals surface area contributed by atoms with E-state index in [9.17, 15) is 8.42 Å². The molecule has 0 bridgehead atoms. The van der Waals surface area contributed by atoms with Crippen LogP contribution in [0.1, 0.15) is 22.3 Å². The Morgan fingerprint density at radius 3 is 1.08 bits per heavy atom. The average molecular weight is 509 g/mol. The second kappa shape index (κ2) is 11.7. The van der Waals surface area contributed by atoms with Gasteiger partial charge in [0.1, 0.15) is 0 Å². The van der Waals surface area contributed by atoms with Crippen molar-refractivity contribution in [3.8, 4) is 0 Å². The first-order chi connectivity index (χ1) is 18.1. The molecule has 4 nitrogen and oxygen atoms in total. The number of rotatable bonds is 8. The fourth-order valence-electron chi connectivity index (χ4n) is 4.90. The molecule has 1 aliphatic rings. The summed E-state index contributed by atoms with van der Waals surface area (Å²) in [6.07, 6.45) is 5.43. The highest BCUT2D eigenvalue weighted by Crippen LogP contribution is 2.29. The Hall–Kier alpha value is -3.51. The summed E-state index contributed by atoms with van der Waals surface area (Å²) in [6.45, 7) is 0.628. The highest BCUT2D eigenvalue weighted by atomic mass is 32.2. The van der Waals surface area contributed by atoms with Crippen molar-refractivity contribution in [3.63, 3.8) is 0 Å². The van der Waals surface area contributed by atoms with E-state index >= 15 is 0 Å². The molecule has 37 heavy (non-hydrogen) atoms. The van der Waals surface area contributed by atoms with Crippen LogP contribution in [0.4, 0.5) is 0 Å². The fourth-order valence-corrected chi connectivity index (χ4v) is 6.77. The lowest BCUT2D eigenvalue weighted by Crippen LogP contribution is -2.49. The first kappa shape index (κ1) is 25.2. The Labute approximate surface area is 220 Å². The molecule has 0 unspecified atom stereocenters. The van der Waals surface area contributed by atoms with Crippen molar-refractivity contribution >= 4 is 10.2 Å². The van der Waals surface area contributed by atoms with Crippen LogP contribution in [0, 0.1) is 0 Å². The van der Waals surface area contributed by atoms with Crippen molar-refractivity contribution in [1.82, 2.24) is 8.61 Å². The molecule has 188 valence electrons. The molecule has 2 atom stereocenters. The van der Waals surface area contributed by atoms with E-state index in [4.69, 9.17) is 0 Å². The highest BCUT2D eigenvalue weighted by molar-refractivity contribution is 7.86. The first-order valence-corrected chi connectivity index (χ1v) is 14.1. The van der Waals surface area contributed by atoms with Crippen LogP contribution < -0.4 is 0 Å². The van der Waals surface area contributed by atoms with Crippen molar-refractivity contribution in [3.05, 3.63) is 156 Å². The summed E-state index contributed by atoms with van der Waals surface area (Å²) in [5.41, 5.74) is 4.17. The van der Waals surface area contributed by atoms with Gasteiger partial charge in [0.15, 0.2) is 0 Å². The van der Waals surface area contributed by atoms with Gasteiger partial charge in [-0.05, 0) is 35.1 Å². The monoisotopic (exact) mass is 508 g/mol. The molecule has 1 aliphatic heterocycles. The smallest absolute Gasteiger partial charge is 0.195 e. The SMILES string of the molecule is O=S1(=O)N(Cc2ccccc2)[C@@H](Cc2ccccc2)C=C[C@H](Cc2ccccc2)N1Cc1ccccc1. The van der Waals surface area contributed by atoms with Crippen LogP contribution in [0.2, 0.25) is 0 Å². The molecular formula is C32H32N2O2S. The van der Waals surface area contributed by atoms with Crippen LogP contribution in [0.15, 0.2) is 133 Å². The van der Waals surface area contributed by atoms with Gasteiger partial charge in [-0.15, -0.1) is 0 Å². The molecule has 0 radical (unpaired) electrons. The second-order valence-corrected chi connectivity index (χ2v) is 11.3. The third kappa shape index (κ3) is 6.25. The van der Waals surface area contributed by atoms with Gasteiger partial charge in [-0.25, -0.2) is 0 Å². The summed E-state index contributed by atoms with van der Waals surface area (Å²) in [6, 6.07) is 39.4. The molecule has 1 heterocycles. The van der Waals surface area contributed by atoms with Crippen molar-refractivity contribution in [2.75, 3.05) is 0 Å². The quantitative estimate of drug-likeness (QED) is 0.273. The molecule has 0 fully saturated rings. The molecule has 5 rings (SSSR count). The summed E-state index contributed by atoms with van der Waals surface area (Å²) >= 11 is 0. The molecule has 0 aliphatic carbocycles. The van der Waals surface area contributed by atoms with Crippen LogP contribution in [0.5, 0.6) is 0 Å². The van der Waals surface area contributed by atoms with Gasteiger partial charge in [0, 0.05) is 25.2 Å². The van der Waals surface area contributed by atoms with Gasteiger partial charge in [-0.1, -0.05) is 133 Å². The van der Waals surface area contributed by atoms with Gasteiger partial charge in [0.05, 0.1) is 0 Å². The Morgan fingerprint density at radius 1 is 0.459 bits per heavy atom. The molecule has 0 N–H and O–H groups in total. The topological polar surface area (TPSA) is 40.6 Å². The number of hydrogen-bond acceptors (Lipinski definition) is 2. The predicted molar refractivity (Wildman–Crippen MR) is 150 cm³/mol. The molecule has 0 saturated heterocycles. The lowest BCUT2D eigenvalue weighted by molar-refractivity contribution is 0.290. The van der Waals surface area contributed by atoms with E-state index in [2.05, 4.69) is 36.4 Å². The highest BCUT2D eigenvalue weighted by Gasteiger charge is 2.40. The van der Waals surface area contributed by atoms with E-state index in [0.717, 1.165) is 22.3 Å². The lowest BCUT2D eigenvalue weighted by atomic mass is 10.0. The third-order valence-electron chi connectivity index (χ3n) is 6.83. The number of benzene rings is 4. The largest absolute Gasteiger partial charge is 0.283 e. The third-order valence-corrected chi connectivity index (χ3v) is 8.81. The zero-order valence-corrected chi connectivity index (χ0v) is 21.6. The number of nitrogens with zero attached hydrogens (tertiary/aromatic N) is 2. The predicted octanol–water partition coefficient (Wildman–Crippen LogP) is 6.03. The van der Waals surface area contributed by atoms with Crippen LogP contribution in [0.25, 0.3) is 0 Å². The second-order valence-electron chi connectivity index (χ2n) is 9.47. The summed E-state index contributed by atoms with van der Waals surface area (Å²) in [5.74, 6) is 0. The van der Waals surface area contributed by atoms with Crippen LogP contribution in [-0.2, 0) is 36.1 Å². The normalized spacial score (nSPS) is 19.9. The van der Waals surface area contributed by atoms with E-state index in [-0.39, 0.29) is 12.1 Å². The van der Waals surface area contributed by atoms with E-state index in [1.165, 1.54) is 0 Å². The van der Waals surface area contributed by atoms with Gasteiger partial charge in [0.2, 0.25) is 0 Å². The molecule has 4 aromatic rings. The minimum Gasteiger partial charge on any atom is -0.195 e. The maximum absolute atomic E-state index is 14.6. The molecule has 0 amide bonds. The van der Waals surface area contributed by atoms with Gasteiger partial charge in [-0.3, -0.25) is 0 Å². The Kier molecular flexibility index (Phi) is 7.95. The van der Waals surface area contributed by atoms with Gasteiger partial charge < -0.3 is 0 Å². The average Bonchev–Trinajstić information content (AvgIpc) is 3.02. The van der Waals surface area contributed by atoms with Gasteiger partial charge >= 0.3 is 0 Å². The molecule has 4 aromatic carbocycles. The molecule has 0 aromatic heterocycles. The lowest BCUT2D eigenvalue weighted by Gasteiger charge is -2.34. The maximum atomic E-state index is 14.6. The van der Waals surface area contributed by atoms with Crippen molar-refractivity contribution in [1.29, 1.82) is 0 Å². The minimum absolute atomic E-state index is 0.299. The Morgan fingerprint density at radius 2 is 0.757 bits per heavy atom. The van der Waals surface area contributed by atoms with Crippen LogP contribution in [-0.4, -0.2) is 29.1 Å². The Bertz CT molecular complexity index is 1290. The zero-order valence-electron chi connectivity index (χ0n) is 20.8. The summed E-state index contributed by atoms with van der Waals surface area (Å²) in [4.78, 5) is 0. The van der Waals surface area contributed by atoms with E-state index in [1.807, 2.05) is 97.1 Å². The van der Waals surface area contributed by atoms with Gasteiger partial charge in [-0.2, -0.15) is 17.0 Å². The van der Waals surface area contributed by atoms with E-state index < -0.39 is 10.2 Å². The summed E-state index contributed by atoms with van der Waals surface area (Å²) in [5, 5.41) is 0. The van der Waals surface area contributed by atoms with Crippen LogP contribution >= 0.6 is 0 Å². The van der Waals surface area contributed by atoms with Crippen molar-refractivity contribution in [2.24, 2.45) is 0 Å². The zero-order chi connectivity index (χ0) is 25.5. The molecular weight excluding hydrogens is 476 g/mol. The number of hydrogen-bond donors (Lipinski definition) is 0. The summed E-state index contributed by atoms with van der Waals surface area (Å²) in [7, 11) is -3.83. The molecule has 0 spiro atoms. The van der Waals surface area contributed by atoms with Crippen molar-refractivity contribution < 1.29 is 8.42 Å². The standard InChI is InChI=1S/C32H32N2O2S/c35-37(36)33(25-29-17-9-3-10-18-29)31(23-27-13-5-1-6-14-27)21-22-32(24-28-15-7-2-8-16-28)34(37)26-30-19-11-4-12-20-30/h1-22,31-32H,23-26H2/t31-,32-/m1/s1. The van der Waals surface area contributed by atoms with Crippen LogP contribution in [0.3, 0.4) is 0 Å².